The summed E-state index contributed by atoms with van der Waals surface area (Å²) < 4.78 is 2.29. The molecule has 0 atom stereocenters. The molecule has 1 heteroatoms. The van der Waals surface area contributed by atoms with Crippen LogP contribution in [0.2, 0.25) is 0 Å². The van der Waals surface area contributed by atoms with E-state index in [-0.39, 0.29) is 0 Å². The van der Waals surface area contributed by atoms with Crippen LogP contribution in [0.15, 0.2) is 24.3 Å². The van der Waals surface area contributed by atoms with Gasteiger partial charge in [-0.25, -0.2) is 0 Å². The second-order valence-corrected chi connectivity index (χ2v) is 4.24. The highest BCUT2D eigenvalue weighted by atomic mass is 15.0. The first kappa shape index (κ1) is 14.6. The van der Waals surface area contributed by atoms with Gasteiger partial charge in [0.1, 0.15) is 0 Å². The molecule has 0 bridgehead atoms. The lowest BCUT2D eigenvalue weighted by Crippen LogP contribution is -1.94. The van der Waals surface area contributed by atoms with Crippen molar-refractivity contribution >= 4 is 12.2 Å². The molecule has 0 spiro atoms. The number of nitrogens with zero attached hydrogens (tertiary/aromatic N) is 1. The molecule has 98 valence electrons. The van der Waals surface area contributed by atoms with Crippen molar-refractivity contribution in [2.24, 2.45) is 7.05 Å². The van der Waals surface area contributed by atoms with Gasteiger partial charge in [-0.05, 0) is 43.0 Å². The Labute approximate surface area is 112 Å². The summed E-state index contributed by atoms with van der Waals surface area (Å²) in [5.41, 5.74) is 5.56. The molecular formula is C17H25N. The fourth-order valence-electron chi connectivity index (χ4n) is 2.28. The van der Waals surface area contributed by atoms with Gasteiger partial charge in [-0.3, -0.25) is 0 Å². The summed E-state index contributed by atoms with van der Waals surface area (Å²) in [7, 11) is 2.15. The first-order chi connectivity index (χ1) is 8.75. The van der Waals surface area contributed by atoms with Crippen LogP contribution in [-0.4, -0.2) is 4.57 Å². The molecule has 1 aliphatic carbocycles. The molecular weight excluding hydrogens is 218 g/mol. The van der Waals surface area contributed by atoms with Crippen LogP contribution in [0.3, 0.4) is 0 Å². The molecule has 1 aromatic rings. The average molecular weight is 243 g/mol. The van der Waals surface area contributed by atoms with Gasteiger partial charge in [0.15, 0.2) is 0 Å². The lowest BCUT2D eigenvalue weighted by atomic mass is 10.1. The zero-order chi connectivity index (χ0) is 13.5. The van der Waals surface area contributed by atoms with Crippen molar-refractivity contribution in [1.29, 1.82) is 0 Å². The molecule has 0 N–H and O–H groups in total. The van der Waals surface area contributed by atoms with E-state index in [0.717, 1.165) is 12.8 Å². The normalized spacial score (nSPS) is 13.2. The van der Waals surface area contributed by atoms with Crippen LogP contribution < -0.4 is 0 Å². The molecule has 0 aliphatic heterocycles. The molecule has 0 unspecified atom stereocenters. The molecule has 18 heavy (non-hydrogen) atoms. The van der Waals surface area contributed by atoms with Gasteiger partial charge in [0.2, 0.25) is 0 Å². The van der Waals surface area contributed by atoms with E-state index in [2.05, 4.69) is 61.9 Å². The quantitative estimate of drug-likeness (QED) is 0.695. The lowest BCUT2D eigenvalue weighted by Gasteiger charge is -2.01. The zero-order valence-corrected chi connectivity index (χ0v) is 12.3. The maximum atomic E-state index is 2.29. The van der Waals surface area contributed by atoms with E-state index in [1.165, 1.54) is 22.5 Å². The molecule has 1 aromatic heterocycles. The average Bonchev–Trinajstić information content (AvgIpc) is 2.60. The van der Waals surface area contributed by atoms with E-state index >= 15 is 0 Å². The van der Waals surface area contributed by atoms with Crippen LogP contribution in [0.25, 0.3) is 12.2 Å². The van der Waals surface area contributed by atoms with Crippen molar-refractivity contribution in [1.82, 2.24) is 4.57 Å². The van der Waals surface area contributed by atoms with Crippen LogP contribution in [0, 0.1) is 6.92 Å². The van der Waals surface area contributed by atoms with Gasteiger partial charge in [0.05, 0.1) is 0 Å². The maximum absolute atomic E-state index is 2.29. The minimum atomic E-state index is 1.04. The van der Waals surface area contributed by atoms with Crippen LogP contribution >= 0.6 is 0 Å². The summed E-state index contributed by atoms with van der Waals surface area (Å²) >= 11 is 0. The zero-order valence-electron chi connectivity index (χ0n) is 12.3. The summed E-state index contributed by atoms with van der Waals surface area (Å²) in [6, 6.07) is 0. The standard InChI is InChI=1S/C15H19N.C2H6/c1-4-5-10-14-12(2)13-9-7-6-8-11-15(13)16(14)3;1-2/h5-8,10-11H,4,9H2,1-3H3;1-2H3/b10-5-;. The Morgan fingerprint density at radius 1 is 1.28 bits per heavy atom. The largest absolute Gasteiger partial charge is 0.344 e. The second-order valence-electron chi connectivity index (χ2n) is 4.24. The monoisotopic (exact) mass is 243 g/mol. The minimum absolute atomic E-state index is 1.04. The maximum Gasteiger partial charge on any atom is 0.0447 e. The molecule has 1 nitrogen and oxygen atoms in total. The summed E-state index contributed by atoms with van der Waals surface area (Å²) in [5, 5.41) is 0. The van der Waals surface area contributed by atoms with Crippen molar-refractivity contribution < 1.29 is 0 Å². The van der Waals surface area contributed by atoms with Crippen LogP contribution in [-0.2, 0) is 13.5 Å². The first-order valence-corrected chi connectivity index (χ1v) is 6.93. The Bertz CT molecular complexity index is 470. The van der Waals surface area contributed by atoms with E-state index in [1.54, 1.807) is 0 Å². The number of rotatable bonds is 2. The van der Waals surface area contributed by atoms with Gasteiger partial charge in [0.25, 0.3) is 0 Å². The Balaban J connectivity index is 0.000000771. The highest BCUT2D eigenvalue weighted by Gasteiger charge is 2.13. The molecule has 1 aliphatic rings. The van der Waals surface area contributed by atoms with Crippen LogP contribution in [0.1, 0.15) is 49.7 Å². The number of fused-ring (bicyclic) bond motifs is 1. The predicted molar refractivity (Wildman–Crippen MR) is 82.7 cm³/mol. The van der Waals surface area contributed by atoms with Crippen molar-refractivity contribution in [3.8, 4) is 0 Å². The van der Waals surface area contributed by atoms with E-state index in [1.807, 2.05) is 13.8 Å². The van der Waals surface area contributed by atoms with E-state index in [0.29, 0.717) is 0 Å². The third-order valence-corrected chi connectivity index (χ3v) is 3.20. The third-order valence-electron chi connectivity index (χ3n) is 3.20. The molecule has 0 aromatic carbocycles. The molecule has 0 amide bonds. The Kier molecular flexibility index (Phi) is 5.70. The lowest BCUT2D eigenvalue weighted by molar-refractivity contribution is 0.894. The highest BCUT2D eigenvalue weighted by molar-refractivity contribution is 5.64. The van der Waals surface area contributed by atoms with Crippen molar-refractivity contribution in [3.63, 3.8) is 0 Å². The Morgan fingerprint density at radius 3 is 2.67 bits per heavy atom. The van der Waals surface area contributed by atoms with Gasteiger partial charge >= 0.3 is 0 Å². The van der Waals surface area contributed by atoms with Gasteiger partial charge in [-0.15, -0.1) is 0 Å². The molecule has 0 fully saturated rings. The molecule has 2 rings (SSSR count). The van der Waals surface area contributed by atoms with Crippen molar-refractivity contribution in [2.75, 3.05) is 0 Å². The third kappa shape index (κ3) is 2.84. The molecule has 1 heterocycles. The molecule has 0 radical (unpaired) electrons. The SMILES string of the molecule is CC.CC/C=C\c1c(C)c2c(n1C)C=CC=CC2. The molecule has 0 saturated heterocycles. The minimum Gasteiger partial charge on any atom is -0.344 e. The summed E-state index contributed by atoms with van der Waals surface area (Å²) in [6.07, 6.45) is 15.3. The Morgan fingerprint density at radius 2 is 2.00 bits per heavy atom. The Hall–Kier alpha value is -1.50. The highest BCUT2D eigenvalue weighted by Crippen LogP contribution is 2.26. The number of hydrogen-bond acceptors (Lipinski definition) is 0. The van der Waals surface area contributed by atoms with Gasteiger partial charge in [0, 0.05) is 18.4 Å². The molecule has 0 saturated carbocycles. The first-order valence-electron chi connectivity index (χ1n) is 6.93. The topological polar surface area (TPSA) is 4.93 Å². The van der Waals surface area contributed by atoms with E-state index < -0.39 is 0 Å². The van der Waals surface area contributed by atoms with Crippen molar-refractivity contribution in [3.05, 3.63) is 46.8 Å². The van der Waals surface area contributed by atoms with Gasteiger partial charge in [-0.1, -0.05) is 45.1 Å². The van der Waals surface area contributed by atoms with Crippen molar-refractivity contribution in [2.45, 2.75) is 40.5 Å². The fourth-order valence-corrected chi connectivity index (χ4v) is 2.28. The second kappa shape index (κ2) is 7.05. The fraction of sp³-hybridized carbons (Fsp3) is 0.412. The van der Waals surface area contributed by atoms with Crippen LogP contribution in [0.5, 0.6) is 0 Å². The van der Waals surface area contributed by atoms with Gasteiger partial charge < -0.3 is 4.57 Å². The number of allylic oxidation sites excluding steroid dienone is 4. The van der Waals surface area contributed by atoms with Crippen LogP contribution in [0.4, 0.5) is 0 Å². The summed E-state index contributed by atoms with van der Waals surface area (Å²) in [6.45, 7) is 8.39. The summed E-state index contributed by atoms with van der Waals surface area (Å²) in [4.78, 5) is 0. The smallest absolute Gasteiger partial charge is 0.0447 e. The summed E-state index contributed by atoms with van der Waals surface area (Å²) in [5.74, 6) is 0. The predicted octanol–water partition coefficient (Wildman–Crippen LogP) is 4.91. The number of hydrogen-bond donors (Lipinski definition) is 0. The van der Waals surface area contributed by atoms with E-state index in [9.17, 15) is 0 Å². The number of aromatic nitrogens is 1. The van der Waals surface area contributed by atoms with Gasteiger partial charge in [-0.2, -0.15) is 0 Å². The van der Waals surface area contributed by atoms with E-state index in [4.69, 9.17) is 0 Å².